The Labute approximate surface area is 124 Å². The van der Waals surface area contributed by atoms with Gasteiger partial charge in [-0.1, -0.05) is 11.6 Å². The molecule has 7 heteroatoms. The van der Waals surface area contributed by atoms with Gasteiger partial charge in [0.05, 0.1) is 5.56 Å². The summed E-state index contributed by atoms with van der Waals surface area (Å²) in [5.41, 5.74) is 0.242. The topological polar surface area (TPSA) is 107 Å². The lowest BCUT2D eigenvalue weighted by Gasteiger charge is -2.08. The maximum absolute atomic E-state index is 12.0. The van der Waals surface area contributed by atoms with Gasteiger partial charge in [0, 0.05) is 16.3 Å². The van der Waals surface area contributed by atoms with Gasteiger partial charge in [-0.15, -0.1) is 0 Å². The maximum Gasteiger partial charge on any atom is 0.335 e. The van der Waals surface area contributed by atoms with E-state index in [2.05, 4.69) is 5.32 Å². The third-order valence-electron chi connectivity index (χ3n) is 2.64. The number of carboxylic acid groups (broad SMARTS) is 1. The smallest absolute Gasteiger partial charge is 0.335 e. The van der Waals surface area contributed by atoms with Crippen molar-refractivity contribution in [3.05, 3.63) is 52.5 Å². The van der Waals surface area contributed by atoms with Crippen molar-refractivity contribution in [1.29, 1.82) is 0 Å². The first-order valence-electron chi connectivity index (χ1n) is 5.74. The van der Waals surface area contributed by atoms with Gasteiger partial charge in [-0.25, -0.2) is 4.79 Å². The van der Waals surface area contributed by atoms with E-state index >= 15 is 0 Å². The summed E-state index contributed by atoms with van der Waals surface area (Å²) in [6, 6.07) is 7.48. The molecule has 6 nitrogen and oxygen atoms in total. The molecule has 2 aromatic rings. The summed E-state index contributed by atoms with van der Waals surface area (Å²) in [4.78, 5) is 22.9. The number of nitrogens with one attached hydrogen (secondary N) is 1. The molecule has 0 aliphatic carbocycles. The van der Waals surface area contributed by atoms with Crippen LogP contribution in [0.3, 0.4) is 0 Å². The van der Waals surface area contributed by atoms with Crippen LogP contribution in [-0.2, 0) is 0 Å². The molecule has 4 N–H and O–H groups in total. The fraction of sp³-hybridized carbons (Fsp3) is 0. The molecule has 21 heavy (non-hydrogen) atoms. The molecule has 0 aromatic heterocycles. The predicted molar refractivity (Wildman–Crippen MR) is 76.1 cm³/mol. The first-order valence-corrected chi connectivity index (χ1v) is 6.12. The Kier molecular flexibility index (Phi) is 4.00. The number of carbonyl (C=O) groups excluding carboxylic acids is 1. The maximum atomic E-state index is 12.0. The Morgan fingerprint density at radius 3 is 2.29 bits per heavy atom. The second-order valence-corrected chi connectivity index (χ2v) is 4.63. The van der Waals surface area contributed by atoms with Crippen LogP contribution in [0.15, 0.2) is 36.4 Å². The van der Waals surface area contributed by atoms with Crippen molar-refractivity contribution in [3.8, 4) is 11.5 Å². The Morgan fingerprint density at radius 2 is 1.67 bits per heavy atom. The fourth-order valence-corrected chi connectivity index (χ4v) is 1.89. The highest BCUT2D eigenvalue weighted by Gasteiger charge is 2.11. The third-order valence-corrected chi connectivity index (χ3v) is 2.86. The van der Waals surface area contributed by atoms with E-state index in [1.807, 2.05) is 0 Å². The van der Waals surface area contributed by atoms with Crippen molar-refractivity contribution < 1.29 is 24.9 Å². The number of amides is 1. The molecule has 0 saturated heterocycles. The molecule has 1 amide bonds. The minimum absolute atomic E-state index is 0.0636. The van der Waals surface area contributed by atoms with Crippen molar-refractivity contribution in [2.45, 2.75) is 0 Å². The standard InChI is InChI=1S/C14H10ClNO5/c15-9-3-8(14(20)21)4-10(6-9)16-13(19)7-1-2-11(17)12(18)5-7/h1-6,17-18H,(H,16,19)(H,20,21). The third kappa shape index (κ3) is 3.43. The largest absolute Gasteiger partial charge is 0.504 e. The monoisotopic (exact) mass is 307 g/mol. The highest BCUT2D eigenvalue weighted by atomic mass is 35.5. The molecule has 0 radical (unpaired) electrons. The number of carboxylic acids is 1. The average Bonchev–Trinajstić information content (AvgIpc) is 2.41. The molecule has 0 unspecified atom stereocenters. The van der Waals surface area contributed by atoms with E-state index in [4.69, 9.17) is 16.7 Å². The van der Waals surface area contributed by atoms with Gasteiger partial charge in [0.15, 0.2) is 11.5 Å². The molecule has 0 fully saturated rings. The second kappa shape index (κ2) is 5.72. The van der Waals surface area contributed by atoms with Crippen molar-refractivity contribution in [1.82, 2.24) is 0 Å². The van der Waals surface area contributed by atoms with Crippen LogP contribution in [0.4, 0.5) is 5.69 Å². The second-order valence-electron chi connectivity index (χ2n) is 4.19. The van der Waals surface area contributed by atoms with E-state index in [9.17, 15) is 19.8 Å². The van der Waals surface area contributed by atoms with Crippen LogP contribution in [0.1, 0.15) is 20.7 Å². The molecular weight excluding hydrogens is 298 g/mol. The first-order chi connectivity index (χ1) is 9.86. The first kappa shape index (κ1) is 14.7. The number of carbonyl (C=O) groups is 2. The average molecular weight is 308 g/mol. The summed E-state index contributed by atoms with van der Waals surface area (Å²) >= 11 is 5.78. The summed E-state index contributed by atoms with van der Waals surface area (Å²) in [7, 11) is 0. The van der Waals surface area contributed by atoms with Crippen LogP contribution in [0.2, 0.25) is 5.02 Å². The van der Waals surface area contributed by atoms with Crippen molar-refractivity contribution in [2.75, 3.05) is 5.32 Å². The van der Waals surface area contributed by atoms with Crippen LogP contribution in [0.5, 0.6) is 11.5 Å². The van der Waals surface area contributed by atoms with Gasteiger partial charge in [0.2, 0.25) is 0 Å². The molecular formula is C14H10ClNO5. The SMILES string of the molecule is O=C(O)c1cc(Cl)cc(NC(=O)c2ccc(O)c(O)c2)c1. The number of benzene rings is 2. The quantitative estimate of drug-likeness (QED) is 0.652. The predicted octanol–water partition coefficient (Wildman–Crippen LogP) is 2.70. The van der Waals surface area contributed by atoms with Crippen LogP contribution < -0.4 is 5.32 Å². The molecule has 0 aliphatic heterocycles. The van der Waals surface area contributed by atoms with E-state index in [1.54, 1.807) is 0 Å². The highest BCUT2D eigenvalue weighted by Crippen LogP contribution is 2.26. The molecule has 2 rings (SSSR count). The Balaban J connectivity index is 2.27. The Hall–Kier alpha value is -2.73. The number of halogens is 1. The molecule has 0 aliphatic rings. The van der Waals surface area contributed by atoms with Crippen LogP contribution in [0.25, 0.3) is 0 Å². The Morgan fingerprint density at radius 1 is 0.952 bits per heavy atom. The Bertz CT molecular complexity index is 729. The molecule has 0 saturated carbocycles. The van der Waals surface area contributed by atoms with E-state index in [-0.39, 0.29) is 27.6 Å². The van der Waals surface area contributed by atoms with Crippen molar-refractivity contribution in [3.63, 3.8) is 0 Å². The summed E-state index contributed by atoms with van der Waals surface area (Å²) in [5, 5.41) is 30.1. The zero-order valence-corrected chi connectivity index (χ0v) is 11.3. The van der Waals surface area contributed by atoms with Crippen LogP contribution in [-0.4, -0.2) is 27.2 Å². The van der Waals surface area contributed by atoms with Crippen LogP contribution >= 0.6 is 11.6 Å². The van der Waals surface area contributed by atoms with E-state index < -0.39 is 17.6 Å². The van der Waals surface area contributed by atoms with Crippen molar-refractivity contribution in [2.24, 2.45) is 0 Å². The summed E-state index contributed by atoms with van der Waals surface area (Å²) in [5.74, 6) is -2.53. The lowest BCUT2D eigenvalue weighted by atomic mass is 10.1. The molecule has 108 valence electrons. The zero-order chi connectivity index (χ0) is 15.6. The number of phenols is 2. The number of hydrogen-bond donors (Lipinski definition) is 4. The number of aromatic hydroxyl groups is 2. The van der Waals surface area contributed by atoms with E-state index in [0.717, 1.165) is 6.07 Å². The van der Waals surface area contributed by atoms with Gasteiger partial charge in [-0.3, -0.25) is 4.79 Å². The lowest BCUT2D eigenvalue weighted by Crippen LogP contribution is -2.12. The van der Waals surface area contributed by atoms with Gasteiger partial charge in [0.1, 0.15) is 0 Å². The molecule has 0 bridgehead atoms. The summed E-state index contributed by atoms with van der Waals surface area (Å²) < 4.78 is 0. The molecule has 0 atom stereocenters. The molecule has 0 spiro atoms. The van der Waals surface area contributed by atoms with Crippen LogP contribution in [0, 0.1) is 0 Å². The minimum Gasteiger partial charge on any atom is -0.504 e. The number of phenolic OH excluding ortho intramolecular Hbond substituents is 2. The highest BCUT2D eigenvalue weighted by molar-refractivity contribution is 6.31. The fourth-order valence-electron chi connectivity index (χ4n) is 1.65. The minimum atomic E-state index is -1.17. The van der Waals surface area contributed by atoms with Gasteiger partial charge in [-0.05, 0) is 36.4 Å². The number of hydrogen-bond acceptors (Lipinski definition) is 4. The van der Waals surface area contributed by atoms with Gasteiger partial charge < -0.3 is 20.6 Å². The lowest BCUT2D eigenvalue weighted by molar-refractivity contribution is 0.0696. The molecule has 2 aromatic carbocycles. The van der Waals surface area contributed by atoms with Crippen molar-refractivity contribution >= 4 is 29.2 Å². The van der Waals surface area contributed by atoms with Gasteiger partial charge in [-0.2, -0.15) is 0 Å². The van der Waals surface area contributed by atoms with Gasteiger partial charge in [0.25, 0.3) is 5.91 Å². The summed E-state index contributed by atoms with van der Waals surface area (Å²) in [6.45, 7) is 0. The van der Waals surface area contributed by atoms with E-state index in [1.165, 1.54) is 30.3 Å². The number of anilines is 1. The van der Waals surface area contributed by atoms with E-state index in [0.29, 0.717) is 0 Å². The number of aromatic carboxylic acids is 1. The van der Waals surface area contributed by atoms with Gasteiger partial charge >= 0.3 is 5.97 Å². The summed E-state index contributed by atoms with van der Waals surface area (Å²) in [6.07, 6.45) is 0. The number of rotatable bonds is 3. The molecule has 0 heterocycles. The zero-order valence-electron chi connectivity index (χ0n) is 10.5. The normalized spacial score (nSPS) is 10.1.